The number of aliphatic hydroxyl groups excluding tert-OH is 1. The zero-order valence-electron chi connectivity index (χ0n) is 8.14. The molecule has 2 heteroatoms. The van der Waals surface area contributed by atoms with E-state index in [4.69, 9.17) is 5.11 Å². The molecule has 0 bridgehead atoms. The van der Waals surface area contributed by atoms with E-state index in [0.29, 0.717) is 0 Å². The van der Waals surface area contributed by atoms with Crippen LogP contribution in [0.5, 0.6) is 0 Å². The van der Waals surface area contributed by atoms with Crippen LogP contribution < -0.4 is 0 Å². The maximum atomic E-state index is 9.03. The maximum Gasteiger partial charge on any atom is 2.00 e. The monoisotopic (exact) mass is 140 g/mol. The Morgan fingerprint density at radius 2 is 1.67 bits per heavy atom. The van der Waals surface area contributed by atoms with E-state index >= 15 is 0 Å². The van der Waals surface area contributed by atoms with E-state index < -0.39 is 0 Å². The Morgan fingerprint density at radius 1 is 1.22 bits per heavy atom. The van der Waals surface area contributed by atoms with Crippen molar-refractivity contribution in [2.24, 2.45) is 5.92 Å². The van der Waals surface area contributed by atoms with E-state index in [2.05, 4.69) is 6.92 Å². The molecule has 0 spiro atoms. The zero-order valence-corrected chi connectivity index (χ0v) is 7.55. The first-order valence-electron chi connectivity index (χ1n) is 3.47. The Kier molecular flexibility index (Phi) is 4.89. The fraction of sp³-hybridized carbons (Fsp3) is 1.00. The molecule has 0 aromatic heterocycles. The predicted octanol–water partition coefficient (Wildman–Crippen LogP) is 1.40. The molecular weight excluding hydrogens is 124 g/mol. The van der Waals surface area contributed by atoms with Crippen molar-refractivity contribution in [2.45, 2.75) is 38.7 Å². The second-order valence-electron chi connectivity index (χ2n) is 2.91. The fourth-order valence-electron chi connectivity index (χ4n) is 1.24. The smallest absolute Gasteiger partial charge is 1.00 e. The molecule has 0 atom stereocenters. The molecular formula is C7H16MgO. The van der Waals surface area contributed by atoms with Gasteiger partial charge in [-0.3, -0.25) is 0 Å². The molecule has 1 aliphatic carbocycles. The normalized spacial score (nSPS) is 35.3. The van der Waals surface area contributed by atoms with Crippen LogP contribution in [0.1, 0.15) is 35.5 Å². The molecule has 1 saturated carbocycles. The van der Waals surface area contributed by atoms with Crippen LogP contribution in [0, 0.1) is 5.92 Å². The van der Waals surface area contributed by atoms with E-state index in [-0.39, 0.29) is 32.0 Å². The first kappa shape index (κ1) is 9.73. The van der Waals surface area contributed by atoms with Gasteiger partial charge in [0, 0.05) is 0 Å². The van der Waals surface area contributed by atoms with Gasteiger partial charge in [-0.2, -0.15) is 0 Å². The van der Waals surface area contributed by atoms with Gasteiger partial charge in [0.1, 0.15) is 0 Å². The van der Waals surface area contributed by atoms with Crippen molar-refractivity contribution in [1.29, 1.82) is 0 Å². The SMILES string of the molecule is CC1CCC(O)CC1.[H-].[H-].[Mg+2]. The van der Waals surface area contributed by atoms with Gasteiger partial charge < -0.3 is 7.96 Å². The summed E-state index contributed by atoms with van der Waals surface area (Å²) in [6.45, 7) is 2.26. The molecule has 1 nitrogen and oxygen atoms in total. The Balaban J connectivity index is -0.000000213. The maximum absolute atomic E-state index is 9.03. The molecule has 9 heavy (non-hydrogen) atoms. The summed E-state index contributed by atoms with van der Waals surface area (Å²) in [5.41, 5.74) is 0. The average molecular weight is 141 g/mol. The van der Waals surface area contributed by atoms with Crippen molar-refractivity contribution in [3.63, 3.8) is 0 Å². The molecule has 0 radical (unpaired) electrons. The first-order valence-corrected chi connectivity index (χ1v) is 3.47. The van der Waals surface area contributed by atoms with Crippen LogP contribution in [0.25, 0.3) is 0 Å². The quantitative estimate of drug-likeness (QED) is 0.505. The summed E-state index contributed by atoms with van der Waals surface area (Å²) in [5.74, 6) is 0.860. The van der Waals surface area contributed by atoms with E-state index in [0.717, 1.165) is 18.8 Å². The molecule has 52 valence electrons. The summed E-state index contributed by atoms with van der Waals surface area (Å²) >= 11 is 0. The van der Waals surface area contributed by atoms with Crippen molar-refractivity contribution >= 4 is 23.1 Å². The predicted molar refractivity (Wildman–Crippen MR) is 41.6 cm³/mol. The van der Waals surface area contributed by atoms with Gasteiger partial charge in [-0.05, 0) is 31.6 Å². The average Bonchev–Trinajstić information content (AvgIpc) is 1.77. The topological polar surface area (TPSA) is 20.2 Å². The van der Waals surface area contributed by atoms with Crippen molar-refractivity contribution in [3.8, 4) is 0 Å². The Morgan fingerprint density at radius 3 is 2.00 bits per heavy atom. The van der Waals surface area contributed by atoms with Crippen LogP contribution >= 0.6 is 0 Å². The van der Waals surface area contributed by atoms with Gasteiger partial charge in [0.05, 0.1) is 6.10 Å². The molecule has 0 heterocycles. The molecule has 0 aromatic rings. The van der Waals surface area contributed by atoms with Crippen LogP contribution in [0.4, 0.5) is 0 Å². The molecule has 0 saturated heterocycles. The van der Waals surface area contributed by atoms with E-state index in [9.17, 15) is 0 Å². The zero-order chi connectivity index (χ0) is 5.98. The summed E-state index contributed by atoms with van der Waals surface area (Å²) in [5, 5.41) is 9.03. The molecule has 0 amide bonds. The number of hydrogen-bond acceptors (Lipinski definition) is 1. The van der Waals surface area contributed by atoms with Gasteiger partial charge in [0.15, 0.2) is 0 Å². The summed E-state index contributed by atoms with van der Waals surface area (Å²) in [6, 6.07) is 0. The van der Waals surface area contributed by atoms with Crippen molar-refractivity contribution in [2.75, 3.05) is 0 Å². The minimum absolute atomic E-state index is 0. The summed E-state index contributed by atoms with van der Waals surface area (Å²) in [4.78, 5) is 0. The van der Waals surface area contributed by atoms with Crippen LogP contribution in [0.3, 0.4) is 0 Å². The molecule has 1 N–H and O–H groups in total. The number of rotatable bonds is 0. The van der Waals surface area contributed by atoms with Crippen molar-refractivity contribution in [1.82, 2.24) is 0 Å². The second-order valence-corrected chi connectivity index (χ2v) is 2.91. The number of aliphatic hydroxyl groups is 1. The van der Waals surface area contributed by atoms with Crippen LogP contribution in [-0.4, -0.2) is 34.3 Å². The molecule has 1 fully saturated rings. The van der Waals surface area contributed by atoms with E-state index in [1.54, 1.807) is 0 Å². The fourth-order valence-corrected chi connectivity index (χ4v) is 1.24. The standard InChI is InChI=1S/C7H14O.Mg.2H/c1-6-2-4-7(8)5-3-6;;;/h6-8H,2-5H2,1H3;;;/q;+2;2*-1. The van der Waals surface area contributed by atoms with Gasteiger partial charge >= 0.3 is 23.1 Å². The van der Waals surface area contributed by atoms with Crippen LogP contribution in [0.15, 0.2) is 0 Å². The van der Waals surface area contributed by atoms with Crippen LogP contribution in [-0.2, 0) is 0 Å². The molecule has 0 aromatic carbocycles. The molecule has 1 aliphatic rings. The largest absolute Gasteiger partial charge is 2.00 e. The molecule has 0 unspecified atom stereocenters. The third kappa shape index (κ3) is 3.43. The van der Waals surface area contributed by atoms with Crippen LogP contribution in [0.2, 0.25) is 0 Å². The molecule has 1 rings (SSSR count). The summed E-state index contributed by atoms with van der Waals surface area (Å²) < 4.78 is 0. The van der Waals surface area contributed by atoms with Crippen molar-refractivity contribution < 1.29 is 7.96 Å². The Bertz CT molecular complexity index is 64.8. The van der Waals surface area contributed by atoms with Gasteiger partial charge in [-0.15, -0.1) is 0 Å². The summed E-state index contributed by atoms with van der Waals surface area (Å²) in [7, 11) is 0. The third-order valence-corrected chi connectivity index (χ3v) is 1.99. The van der Waals surface area contributed by atoms with Gasteiger partial charge in [0.25, 0.3) is 0 Å². The minimum atomic E-state index is 0. The summed E-state index contributed by atoms with van der Waals surface area (Å²) in [6.07, 6.45) is 4.52. The minimum Gasteiger partial charge on any atom is -1.00 e. The van der Waals surface area contributed by atoms with Gasteiger partial charge in [-0.1, -0.05) is 6.92 Å². The molecule has 0 aliphatic heterocycles. The van der Waals surface area contributed by atoms with E-state index in [1.165, 1.54) is 12.8 Å². The van der Waals surface area contributed by atoms with Crippen molar-refractivity contribution in [3.05, 3.63) is 0 Å². The van der Waals surface area contributed by atoms with Gasteiger partial charge in [-0.25, -0.2) is 0 Å². The van der Waals surface area contributed by atoms with Gasteiger partial charge in [0.2, 0.25) is 0 Å². The third-order valence-electron chi connectivity index (χ3n) is 1.99. The Labute approximate surface area is 76.0 Å². The Hall–Kier alpha value is 0.726. The number of hydrogen-bond donors (Lipinski definition) is 1. The van der Waals surface area contributed by atoms with E-state index in [1.807, 2.05) is 0 Å². The second kappa shape index (κ2) is 4.53. The first-order chi connectivity index (χ1) is 3.79.